The third-order valence-corrected chi connectivity index (χ3v) is 2.81. The number of alkyl carbamates (subject to hydrolysis) is 1. The fourth-order valence-corrected chi connectivity index (χ4v) is 1.64. The molecule has 5 nitrogen and oxygen atoms in total. The van der Waals surface area contributed by atoms with Crippen LogP contribution in [0.1, 0.15) is 39.5 Å². The quantitative estimate of drug-likeness (QED) is 0.748. The van der Waals surface area contributed by atoms with Gasteiger partial charge in [-0.15, -0.1) is 0 Å². The number of carbonyl (C=O) groups excluding carboxylic acids is 2. The Bertz CT molecular complexity index is 274. The Labute approximate surface area is 102 Å². The number of nitrogens with one attached hydrogen (secondary N) is 1. The second-order valence-electron chi connectivity index (χ2n) is 4.81. The fourth-order valence-electron chi connectivity index (χ4n) is 1.64. The molecule has 0 aromatic heterocycles. The molecule has 1 fully saturated rings. The number of esters is 1. The molecule has 1 aliphatic carbocycles. The fraction of sp³-hybridized carbons (Fsp3) is 0.833. The molecule has 1 rings (SSSR count). The van der Waals surface area contributed by atoms with E-state index in [1.54, 1.807) is 0 Å². The first-order chi connectivity index (χ1) is 8.02. The monoisotopic (exact) mass is 243 g/mol. The third-order valence-electron chi connectivity index (χ3n) is 2.81. The highest BCUT2D eigenvalue weighted by atomic mass is 16.6. The van der Waals surface area contributed by atoms with Crippen molar-refractivity contribution >= 4 is 12.1 Å². The standard InChI is InChI=1S/C12H21NO4/c1-8(2)7-10(11(14)16-3)13-12(15)17-9-5-4-6-9/h8-10H,4-7H2,1-3H3,(H,13,15)/t10-/m0/s1. The molecule has 1 saturated carbocycles. The van der Waals surface area contributed by atoms with E-state index in [0.717, 1.165) is 19.3 Å². The van der Waals surface area contributed by atoms with E-state index in [1.165, 1.54) is 7.11 Å². The Kier molecular flexibility index (Phi) is 5.25. The van der Waals surface area contributed by atoms with E-state index in [2.05, 4.69) is 10.1 Å². The van der Waals surface area contributed by atoms with Crippen LogP contribution in [0.3, 0.4) is 0 Å². The van der Waals surface area contributed by atoms with E-state index >= 15 is 0 Å². The highest BCUT2D eigenvalue weighted by Gasteiger charge is 2.26. The van der Waals surface area contributed by atoms with Crippen molar-refractivity contribution in [1.82, 2.24) is 5.32 Å². The van der Waals surface area contributed by atoms with Crippen molar-refractivity contribution in [3.05, 3.63) is 0 Å². The zero-order valence-corrected chi connectivity index (χ0v) is 10.7. The Balaban J connectivity index is 2.40. The molecule has 1 atom stereocenters. The Morgan fingerprint density at radius 1 is 1.35 bits per heavy atom. The molecule has 0 aliphatic heterocycles. The number of hydrogen-bond acceptors (Lipinski definition) is 4. The van der Waals surface area contributed by atoms with Crippen LogP contribution in [-0.4, -0.2) is 31.3 Å². The summed E-state index contributed by atoms with van der Waals surface area (Å²) in [6, 6.07) is -0.618. The van der Waals surface area contributed by atoms with E-state index in [4.69, 9.17) is 4.74 Å². The topological polar surface area (TPSA) is 64.6 Å². The van der Waals surface area contributed by atoms with Crippen molar-refractivity contribution in [2.75, 3.05) is 7.11 Å². The highest BCUT2D eigenvalue weighted by molar-refractivity contribution is 5.81. The van der Waals surface area contributed by atoms with E-state index in [1.807, 2.05) is 13.8 Å². The molecule has 5 heteroatoms. The van der Waals surface area contributed by atoms with Crippen LogP contribution in [0.15, 0.2) is 0 Å². The maximum atomic E-state index is 11.5. The molecule has 1 aliphatic rings. The maximum absolute atomic E-state index is 11.5. The first kappa shape index (κ1) is 13.8. The molecule has 0 bridgehead atoms. The Hall–Kier alpha value is -1.26. The van der Waals surface area contributed by atoms with Gasteiger partial charge in [-0.1, -0.05) is 13.8 Å². The number of carbonyl (C=O) groups is 2. The molecule has 0 spiro atoms. The van der Waals surface area contributed by atoms with Crippen LogP contribution in [0.5, 0.6) is 0 Å². The summed E-state index contributed by atoms with van der Waals surface area (Å²) in [6.45, 7) is 3.96. The van der Waals surface area contributed by atoms with Gasteiger partial charge < -0.3 is 14.8 Å². The van der Waals surface area contributed by atoms with Crippen LogP contribution in [-0.2, 0) is 14.3 Å². The van der Waals surface area contributed by atoms with Crippen LogP contribution >= 0.6 is 0 Å². The van der Waals surface area contributed by atoms with Crippen LogP contribution in [0, 0.1) is 5.92 Å². The number of rotatable bonds is 5. The van der Waals surface area contributed by atoms with Gasteiger partial charge in [0.05, 0.1) is 7.11 Å². The van der Waals surface area contributed by atoms with Gasteiger partial charge in [-0.05, 0) is 31.6 Å². The molecule has 0 heterocycles. The number of methoxy groups -OCH3 is 1. The van der Waals surface area contributed by atoms with Gasteiger partial charge in [0.15, 0.2) is 0 Å². The van der Waals surface area contributed by atoms with Gasteiger partial charge in [0.1, 0.15) is 12.1 Å². The minimum atomic E-state index is -0.618. The minimum Gasteiger partial charge on any atom is -0.467 e. The van der Waals surface area contributed by atoms with Gasteiger partial charge in [0.2, 0.25) is 0 Å². The first-order valence-electron chi connectivity index (χ1n) is 6.08. The summed E-state index contributed by atoms with van der Waals surface area (Å²) in [7, 11) is 1.31. The molecule has 17 heavy (non-hydrogen) atoms. The van der Waals surface area contributed by atoms with Gasteiger partial charge in [-0.2, -0.15) is 0 Å². The van der Waals surface area contributed by atoms with Crippen molar-refractivity contribution < 1.29 is 19.1 Å². The highest BCUT2D eigenvalue weighted by Crippen LogP contribution is 2.22. The number of amides is 1. The summed E-state index contributed by atoms with van der Waals surface area (Å²) in [5.41, 5.74) is 0. The molecule has 0 saturated heterocycles. The summed E-state index contributed by atoms with van der Waals surface area (Å²) in [6.07, 6.45) is 2.98. The van der Waals surface area contributed by atoms with E-state index in [-0.39, 0.29) is 6.10 Å². The number of hydrogen-bond donors (Lipinski definition) is 1. The predicted octanol–water partition coefficient (Wildman–Crippen LogP) is 1.85. The van der Waals surface area contributed by atoms with Gasteiger partial charge in [0.25, 0.3) is 0 Å². The Morgan fingerprint density at radius 3 is 2.41 bits per heavy atom. The lowest BCUT2D eigenvalue weighted by Gasteiger charge is -2.26. The normalized spacial score (nSPS) is 17.2. The summed E-state index contributed by atoms with van der Waals surface area (Å²) >= 11 is 0. The second-order valence-corrected chi connectivity index (χ2v) is 4.81. The maximum Gasteiger partial charge on any atom is 0.408 e. The van der Waals surface area contributed by atoms with Crippen LogP contribution in [0.4, 0.5) is 4.79 Å². The van der Waals surface area contributed by atoms with Gasteiger partial charge >= 0.3 is 12.1 Å². The van der Waals surface area contributed by atoms with Crippen LogP contribution < -0.4 is 5.32 Å². The Morgan fingerprint density at radius 2 is 2.00 bits per heavy atom. The molecular formula is C12H21NO4. The summed E-state index contributed by atoms with van der Waals surface area (Å²) in [4.78, 5) is 23.0. The van der Waals surface area contributed by atoms with Gasteiger partial charge in [-0.25, -0.2) is 9.59 Å². The molecule has 0 aromatic carbocycles. The molecule has 0 radical (unpaired) electrons. The van der Waals surface area contributed by atoms with Crippen molar-refractivity contribution in [3.8, 4) is 0 Å². The summed E-state index contributed by atoms with van der Waals surface area (Å²) in [5.74, 6) is -0.132. The molecule has 1 amide bonds. The lowest BCUT2D eigenvalue weighted by Crippen LogP contribution is -2.44. The van der Waals surface area contributed by atoms with Gasteiger partial charge in [0, 0.05) is 0 Å². The van der Waals surface area contributed by atoms with Crippen molar-refractivity contribution in [2.45, 2.75) is 51.7 Å². The van der Waals surface area contributed by atoms with Crippen LogP contribution in [0.25, 0.3) is 0 Å². The van der Waals surface area contributed by atoms with Crippen molar-refractivity contribution in [3.63, 3.8) is 0 Å². The number of ether oxygens (including phenoxy) is 2. The van der Waals surface area contributed by atoms with Gasteiger partial charge in [-0.3, -0.25) is 0 Å². The molecular weight excluding hydrogens is 222 g/mol. The molecule has 98 valence electrons. The lowest BCUT2D eigenvalue weighted by molar-refractivity contribution is -0.143. The zero-order chi connectivity index (χ0) is 12.8. The van der Waals surface area contributed by atoms with Crippen molar-refractivity contribution in [2.24, 2.45) is 5.92 Å². The summed E-state index contributed by atoms with van der Waals surface area (Å²) in [5, 5.41) is 2.56. The minimum absolute atomic E-state index is 0.0207. The molecule has 0 aromatic rings. The van der Waals surface area contributed by atoms with E-state index in [0.29, 0.717) is 12.3 Å². The summed E-state index contributed by atoms with van der Waals surface area (Å²) < 4.78 is 9.79. The lowest BCUT2D eigenvalue weighted by atomic mass is 9.96. The zero-order valence-electron chi connectivity index (χ0n) is 10.7. The molecule has 1 N–H and O–H groups in total. The predicted molar refractivity (Wildman–Crippen MR) is 62.5 cm³/mol. The third kappa shape index (κ3) is 4.63. The SMILES string of the molecule is COC(=O)[C@H](CC(C)C)NC(=O)OC1CCC1. The second kappa shape index (κ2) is 6.47. The average Bonchev–Trinajstić information content (AvgIpc) is 2.21. The average molecular weight is 243 g/mol. The largest absolute Gasteiger partial charge is 0.467 e. The first-order valence-corrected chi connectivity index (χ1v) is 6.08. The molecule has 0 unspecified atom stereocenters. The van der Waals surface area contributed by atoms with Crippen LogP contribution in [0.2, 0.25) is 0 Å². The van der Waals surface area contributed by atoms with Crippen molar-refractivity contribution in [1.29, 1.82) is 0 Å². The van der Waals surface area contributed by atoms with E-state index in [9.17, 15) is 9.59 Å². The van der Waals surface area contributed by atoms with E-state index < -0.39 is 18.1 Å². The smallest absolute Gasteiger partial charge is 0.408 e.